The molecule has 0 spiro atoms. The summed E-state index contributed by atoms with van der Waals surface area (Å²) in [7, 11) is 0. The van der Waals surface area contributed by atoms with Crippen molar-refractivity contribution in [3.8, 4) is 0 Å². The maximum absolute atomic E-state index is 5.71. The molecule has 0 amide bonds. The molecule has 2 heterocycles. The summed E-state index contributed by atoms with van der Waals surface area (Å²) in [5, 5.41) is 3.65. The van der Waals surface area contributed by atoms with E-state index in [-0.39, 0.29) is 0 Å². The zero-order valence-corrected chi connectivity index (χ0v) is 11.5. The van der Waals surface area contributed by atoms with Crippen LogP contribution in [0.5, 0.6) is 0 Å². The van der Waals surface area contributed by atoms with Gasteiger partial charge in [0.2, 0.25) is 0 Å². The van der Waals surface area contributed by atoms with E-state index >= 15 is 0 Å². The van der Waals surface area contributed by atoms with E-state index in [1.807, 2.05) is 0 Å². The Morgan fingerprint density at radius 1 is 1.29 bits per heavy atom. The molecule has 2 aliphatic heterocycles. The average molecular weight is 240 g/mol. The first-order valence-electron chi connectivity index (χ1n) is 7.32. The Bertz CT molecular complexity index is 214. The second-order valence-corrected chi connectivity index (χ2v) is 5.92. The fourth-order valence-electron chi connectivity index (χ4n) is 3.13. The molecular formula is C14H28N2O. The molecule has 1 N–H and O–H groups in total. The lowest BCUT2D eigenvalue weighted by Gasteiger charge is -2.29. The lowest BCUT2D eigenvalue weighted by atomic mass is 10.0. The highest BCUT2D eigenvalue weighted by Gasteiger charge is 2.32. The minimum atomic E-state index is 0.654. The number of hydrogen-bond acceptors (Lipinski definition) is 3. The van der Waals surface area contributed by atoms with Crippen molar-refractivity contribution in [3.05, 3.63) is 0 Å². The molecule has 2 atom stereocenters. The van der Waals surface area contributed by atoms with Crippen LogP contribution in [0.25, 0.3) is 0 Å². The first kappa shape index (κ1) is 13.3. The van der Waals surface area contributed by atoms with Crippen LogP contribution in [0.1, 0.15) is 39.5 Å². The summed E-state index contributed by atoms with van der Waals surface area (Å²) in [5.41, 5.74) is 0. The van der Waals surface area contributed by atoms with E-state index in [4.69, 9.17) is 4.74 Å². The van der Waals surface area contributed by atoms with Gasteiger partial charge in [-0.2, -0.15) is 0 Å². The summed E-state index contributed by atoms with van der Waals surface area (Å²) in [6.45, 7) is 9.84. The van der Waals surface area contributed by atoms with Gasteiger partial charge in [0.1, 0.15) is 0 Å². The average Bonchev–Trinajstić information content (AvgIpc) is 2.94. The van der Waals surface area contributed by atoms with Crippen LogP contribution >= 0.6 is 0 Å². The van der Waals surface area contributed by atoms with Gasteiger partial charge in [0, 0.05) is 25.2 Å². The van der Waals surface area contributed by atoms with Gasteiger partial charge < -0.3 is 10.1 Å². The molecule has 3 heteroatoms. The molecule has 0 aromatic carbocycles. The highest BCUT2D eigenvalue weighted by molar-refractivity contribution is 4.91. The molecule has 2 unspecified atom stereocenters. The first-order valence-corrected chi connectivity index (χ1v) is 7.32. The van der Waals surface area contributed by atoms with Crippen molar-refractivity contribution in [3.63, 3.8) is 0 Å². The summed E-state index contributed by atoms with van der Waals surface area (Å²) >= 11 is 0. The monoisotopic (exact) mass is 240 g/mol. The predicted octanol–water partition coefficient (Wildman–Crippen LogP) is 1.88. The van der Waals surface area contributed by atoms with Gasteiger partial charge in [-0.1, -0.05) is 13.8 Å². The molecule has 2 fully saturated rings. The topological polar surface area (TPSA) is 24.5 Å². The molecule has 0 bridgehead atoms. The van der Waals surface area contributed by atoms with Crippen LogP contribution in [0.3, 0.4) is 0 Å². The Morgan fingerprint density at radius 3 is 2.88 bits per heavy atom. The Morgan fingerprint density at radius 2 is 2.18 bits per heavy atom. The fraction of sp³-hybridized carbons (Fsp3) is 1.00. The Hall–Kier alpha value is -0.120. The fourth-order valence-corrected chi connectivity index (χ4v) is 3.13. The van der Waals surface area contributed by atoms with Gasteiger partial charge >= 0.3 is 0 Å². The molecule has 2 aliphatic rings. The SMILES string of the molecule is CC(C)COCCN1CCCC1C1CCCN1. The molecule has 0 aromatic heterocycles. The quantitative estimate of drug-likeness (QED) is 0.717. The van der Waals surface area contributed by atoms with Gasteiger partial charge in [-0.15, -0.1) is 0 Å². The van der Waals surface area contributed by atoms with E-state index in [0.29, 0.717) is 5.92 Å². The first-order chi connectivity index (χ1) is 8.27. The summed E-state index contributed by atoms with van der Waals surface area (Å²) in [5.74, 6) is 0.654. The van der Waals surface area contributed by atoms with Gasteiger partial charge in [-0.25, -0.2) is 0 Å². The molecule has 2 rings (SSSR count). The van der Waals surface area contributed by atoms with Crippen LogP contribution in [0, 0.1) is 5.92 Å². The normalized spacial score (nSPS) is 30.5. The molecular weight excluding hydrogens is 212 g/mol. The number of hydrogen-bond donors (Lipinski definition) is 1. The zero-order valence-electron chi connectivity index (χ0n) is 11.5. The van der Waals surface area contributed by atoms with Crippen molar-refractivity contribution in [2.24, 2.45) is 5.92 Å². The van der Waals surface area contributed by atoms with Gasteiger partial charge in [0.25, 0.3) is 0 Å². The van der Waals surface area contributed by atoms with E-state index in [1.54, 1.807) is 0 Å². The van der Waals surface area contributed by atoms with E-state index in [0.717, 1.165) is 31.8 Å². The standard InChI is InChI=1S/C14H28N2O/c1-12(2)11-17-10-9-16-8-4-6-14(16)13-5-3-7-15-13/h12-15H,3-11H2,1-2H3. The Kier molecular flexibility index (Phi) is 5.26. The smallest absolute Gasteiger partial charge is 0.0593 e. The number of nitrogens with zero attached hydrogens (tertiary/aromatic N) is 1. The van der Waals surface area contributed by atoms with Gasteiger partial charge in [0.15, 0.2) is 0 Å². The van der Waals surface area contributed by atoms with Gasteiger partial charge in [-0.05, 0) is 44.7 Å². The minimum absolute atomic E-state index is 0.654. The Balaban J connectivity index is 1.68. The maximum atomic E-state index is 5.71. The van der Waals surface area contributed by atoms with Crippen molar-refractivity contribution in [1.82, 2.24) is 10.2 Å². The predicted molar refractivity (Wildman–Crippen MR) is 71.3 cm³/mol. The van der Waals surface area contributed by atoms with Crippen LogP contribution < -0.4 is 5.32 Å². The molecule has 0 aromatic rings. The molecule has 100 valence electrons. The van der Waals surface area contributed by atoms with Crippen molar-refractivity contribution < 1.29 is 4.74 Å². The van der Waals surface area contributed by atoms with Crippen molar-refractivity contribution in [2.75, 3.05) is 32.8 Å². The highest BCUT2D eigenvalue weighted by Crippen LogP contribution is 2.24. The van der Waals surface area contributed by atoms with E-state index in [9.17, 15) is 0 Å². The van der Waals surface area contributed by atoms with Crippen molar-refractivity contribution >= 4 is 0 Å². The summed E-state index contributed by atoms with van der Waals surface area (Å²) in [4.78, 5) is 2.64. The van der Waals surface area contributed by atoms with E-state index in [2.05, 4.69) is 24.1 Å². The van der Waals surface area contributed by atoms with Crippen LogP contribution in [-0.4, -0.2) is 49.8 Å². The lowest BCUT2D eigenvalue weighted by Crippen LogP contribution is -2.45. The molecule has 17 heavy (non-hydrogen) atoms. The van der Waals surface area contributed by atoms with Crippen molar-refractivity contribution in [1.29, 1.82) is 0 Å². The van der Waals surface area contributed by atoms with Gasteiger partial charge in [-0.3, -0.25) is 4.90 Å². The third-order valence-corrected chi connectivity index (χ3v) is 3.95. The third kappa shape index (κ3) is 3.94. The molecule has 0 aliphatic carbocycles. The highest BCUT2D eigenvalue weighted by atomic mass is 16.5. The van der Waals surface area contributed by atoms with Crippen LogP contribution in [0.15, 0.2) is 0 Å². The molecule has 0 radical (unpaired) electrons. The van der Waals surface area contributed by atoms with Crippen LogP contribution in [-0.2, 0) is 4.74 Å². The molecule has 2 saturated heterocycles. The number of rotatable bonds is 6. The minimum Gasteiger partial charge on any atom is -0.380 e. The third-order valence-electron chi connectivity index (χ3n) is 3.95. The second-order valence-electron chi connectivity index (χ2n) is 5.92. The zero-order chi connectivity index (χ0) is 12.1. The van der Waals surface area contributed by atoms with E-state index in [1.165, 1.54) is 38.8 Å². The van der Waals surface area contributed by atoms with Crippen molar-refractivity contribution in [2.45, 2.75) is 51.6 Å². The molecule has 3 nitrogen and oxygen atoms in total. The van der Waals surface area contributed by atoms with E-state index < -0.39 is 0 Å². The van der Waals surface area contributed by atoms with Crippen LogP contribution in [0.4, 0.5) is 0 Å². The number of likely N-dealkylation sites (tertiary alicyclic amines) is 1. The second kappa shape index (κ2) is 6.72. The summed E-state index contributed by atoms with van der Waals surface area (Å²) < 4.78 is 5.71. The van der Waals surface area contributed by atoms with Crippen LogP contribution in [0.2, 0.25) is 0 Å². The largest absolute Gasteiger partial charge is 0.380 e. The maximum Gasteiger partial charge on any atom is 0.0593 e. The number of ether oxygens (including phenoxy) is 1. The summed E-state index contributed by atoms with van der Waals surface area (Å²) in [6.07, 6.45) is 5.47. The molecule has 0 saturated carbocycles. The Labute approximate surface area is 106 Å². The van der Waals surface area contributed by atoms with Gasteiger partial charge in [0.05, 0.1) is 6.61 Å². The lowest BCUT2D eigenvalue weighted by molar-refractivity contribution is 0.0777. The summed E-state index contributed by atoms with van der Waals surface area (Å²) in [6, 6.07) is 1.53. The number of nitrogens with one attached hydrogen (secondary N) is 1.